The van der Waals surface area contributed by atoms with Gasteiger partial charge in [0.1, 0.15) is 0 Å². The zero-order valence-electron chi connectivity index (χ0n) is 11.6. The van der Waals surface area contributed by atoms with Crippen LogP contribution in [0.5, 0.6) is 0 Å². The molecule has 5 heteroatoms. The Balaban J connectivity index is 3.33. The molecule has 0 radical (unpaired) electrons. The molecule has 0 bridgehead atoms. The van der Waals surface area contributed by atoms with E-state index in [9.17, 15) is 9.59 Å². The summed E-state index contributed by atoms with van der Waals surface area (Å²) in [4.78, 5) is 22.6. The highest BCUT2D eigenvalue weighted by Crippen LogP contribution is 1.95. The number of nitrogens with one attached hydrogen (secondary N) is 2. The van der Waals surface area contributed by atoms with Crippen LogP contribution in [-0.2, 0) is 14.3 Å². The predicted octanol–water partition coefficient (Wildman–Crippen LogP) is 1.23. The van der Waals surface area contributed by atoms with Crippen molar-refractivity contribution in [2.75, 3.05) is 26.3 Å². The average Bonchev–Trinajstić information content (AvgIpc) is 2.36. The predicted molar refractivity (Wildman–Crippen MR) is 71.3 cm³/mol. The van der Waals surface area contributed by atoms with Gasteiger partial charge in [0.05, 0.1) is 0 Å². The summed E-state index contributed by atoms with van der Waals surface area (Å²) < 4.78 is 5.16. The molecule has 0 spiro atoms. The molecule has 0 aromatic rings. The Hall–Kier alpha value is -1.10. The zero-order valence-corrected chi connectivity index (χ0v) is 11.6. The van der Waals surface area contributed by atoms with Crippen LogP contribution in [0.3, 0.4) is 0 Å². The number of hydrogen-bond donors (Lipinski definition) is 2. The van der Waals surface area contributed by atoms with Crippen molar-refractivity contribution in [3.8, 4) is 0 Å². The van der Waals surface area contributed by atoms with Gasteiger partial charge < -0.3 is 15.4 Å². The van der Waals surface area contributed by atoms with Crippen LogP contribution in [0.15, 0.2) is 0 Å². The summed E-state index contributed by atoms with van der Waals surface area (Å²) in [6.45, 7) is 6.69. The minimum atomic E-state index is 0.00906. The molecule has 0 saturated carbocycles. The fourth-order valence-electron chi connectivity index (χ4n) is 1.40. The molecule has 2 amide bonds. The summed E-state index contributed by atoms with van der Waals surface area (Å²) in [5.74, 6) is 0.0378. The van der Waals surface area contributed by atoms with Gasteiger partial charge in [0.25, 0.3) is 0 Å². The molecule has 0 unspecified atom stereocenters. The largest absolute Gasteiger partial charge is 0.382 e. The van der Waals surface area contributed by atoms with E-state index in [1.807, 2.05) is 13.8 Å². The monoisotopic (exact) mass is 258 g/mol. The molecule has 0 aliphatic heterocycles. The second kappa shape index (κ2) is 12.4. The first-order valence-electron chi connectivity index (χ1n) is 6.81. The Morgan fingerprint density at radius 1 is 0.944 bits per heavy atom. The Morgan fingerprint density at radius 2 is 1.56 bits per heavy atom. The van der Waals surface area contributed by atoms with Gasteiger partial charge >= 0.3 is 0 Å². The van der Waals surface area contributed by atoms with Gasteiger partial charge in [-0.1, -0.05) is 6.92 Å². The molecule has 0 heterocycles. The highest BCUT2D eigenvalue weighted by molar-refractivity contribution is 5.78. The molecule has 0 atom stereocenters. The Bertz CT molecular complexity index is 232. The van der Waals surface area contributed by atoms with Crippen LogP contribution in [0.2, 0.25) is 0 Å². The van der Waals surface area contributed by atoms with Crippen molar-refractivity contribution in [1.82, 2.24) is 10.6 Å². The lowest BCUT2D eigenvalue weighted by Gasteiger charge is -2.05. The van der Waals surface area contributed by atoms with E-state index in [4.69, 9.17) is 4.74 Å². The second-order valence-electron chi connectivity index (χ2n) is 4.10. The van der Waals surface area contributed by atoms with Gasteiger partial charge in [-0.15, -0.1) is 0 Å². The van der Waals surface area contributed by atoms with Crippen molar-refractivity contribution in [2.24, 2.45) is 0 Å². The molecule has 0 saturated heterocycles. The number of carbonyl (C=O) groups excluding carboxylic acids is 2. The maximum absolute atomic E-state index is 11.4. The second-order valence-corrected chi connectivity index (χ2v) is 4.10. The van der Waals surface area contributed by atoms with Gasteiger partial charge in [-0.3, -0.25) is 9.59 Å². The Labute approximate surface area is 110 Å². The fraction of sp³-hybridized carbons (Fsp3) is 0.846. The van der Waals surface area contributed by atoms with E-state index >= 15 is 0 Å². The van der Waals surface area contributed by atoms with E-state index in [0.29, 0.717) is 45.6 Å². The third-order valence-corrected chi connectivity index (χ3v) is 2.37. The van der Waals surface area contributed by atoms with Crippen molar-refractivity contribution < 1.29 is 14.3 Å². The topological polar surface area (TPSA) is 67.4 Å². The number of amides is 2. The summed E-state index contributed by atoms with van der Waals surface area (Å²) in [5.41, 5.74) is 0. The molecule has 0 rings (SSSR count). The molecule has 5 nitrogen and oxygen atoms in total. The van der Waals surface area contributed by atoms with Crippen LogP contribution >= 0.6 is 0 Å². The van der Waals surface area contributed by atoms with Gasteiger partial charge in [0, 0.05) is 39.1 Å². The van der Waals surface area contributed by atoms with Gasteiger partial charge in [-0.2, -0.15) is 0 Å². The summed E-state index contributed by atoms with van der Waals surface area (Å²) in [6, 6.07) is 0. The maximum Gasteiger partial charge on any atom is 0.220 e. The molecule has 0 aliphatic carbocycles. The van der Waals surface area contributed by atoms with Crippen molar-refractivity contribution in [3.05, 3.63) is 0 Å². The van der Waals surface area contributed by atoms with Gasteiger partial charge in [0.2, 0.25) is 11.8 Å². The first kappa shape index (κ1) is 16.9. The van der Waals surface area contributed by atoms with Crippen LogP contribution in [-0.4, -0.2) is 38.1 Å². The van der Waals surface area contributed by atoms with E-state index in [-0.39, 0.29) is 11.8 Å². The lowest BCUT2D eigenvalue weighted by molar-refractivity contribution is -0.122. The molecular weight excluding hydrogens is 232 g/mol. The van der Waals surface area contributed by atoms with E-state index in [2.05, 4.69) is 10.6 Å². The summed E-state index contributed by atoms with van der Waals surface area (Å²) in [6.07, 6.45) is 3.20. The third kappa shape index (κ3) is 11.4. The molecule has 0 aromatic heterocycles. The van der Waals surface area contributed by atoms with Gasteiger partial charge in [0.15, 0.2) is 0 Å². The average molecular weight is 258 g/mol. The Kier molecular flexibility index (Phi) is 11.6. The van der Waals surface area contributed by atoms with Crippen molar-refractivity contribution in [1.29, 1.82) is 0 Å². The highest BCUT2D eigenvalue weighted by atomic mass is 16.5. The number of carbonyl (C=O) groups is 2. The first-order valence-corrected chi connectivity index (χ1v) is 6.81. The van der Waals surface area contributed by atoms with Crippen LogP contribution in [0.25, 0.3) is 0 Å². The molecule has 18 heavy (non-hydrogen) atoms. The van der Waals surface area contributed by atoms with E-state index in [0.717, 1.165) is 12.8 Å². The maximum atomic E-state index is 11.4. The van der Waals surface area contributed by atoms with Crippen LogP contribution in [0.4, 0.5) is 0 Å². The highest BCUT2D eigenvalue weighted by Gasteiger charge is 2.04. The third-order valence-electron chi connectivity index (χ3n) is 2.37. The van der Waals surface area contributed by atoms with Crippen LogP contribution < -0.4 is 10.6 Å². The summed E-state index contributed by atoms with van der Waals surface area (Å²) in [7, 11) is 0. The minimum absolute atomic E-state index is 0.00906. The molecule has 2 N–H and O–H groups in total. The smallest absolute Gasteiger partial charge is 0.220 e. The summed E-state index contributed by atoms with van der Waals surface area (Å²) in [5, 5.41) is 5.59. The SMILES string of the molecule is CCCNC(=O)CCCC(=O)NCCCOCC. The van der Waals surface area contributed by atoms with Gasteiger partial charge in [-0.25, -0.2) is 0 Å². The molecular formula is C13H26N2O3. The van der Waals surface area contributed by atoms with E-state index in [1.54, 1.807) is 0 Å². The normalized spacial score (nSPS) is 10.1. The summed E-state index contributed by atoms with van der Waals surface area (Å²) >= 11 is 0. The fourth-order valence-corrected chi connectivity index (χ4v) is 1.40. The zero-order chi connectivity index (χ0) is 13.6. The van der Waals surface area contributed by atoms with Crippen molar-refractivity contribution in [2.45, 2.75) is 46.0 Å². The molecule has 106 valence electrons. The van der Waals surface area contributed by atoms with Crippen LogP contribution in [0, 0.1) is 0 Å². The Morgan fingerprint density at radius 3 is 2.11 bits per heavy atom. The van der Waals surface area contributed by atoms with E-state index in [1.165, 1.54) is 0 Å². The quantitative estimate of drug-likeness (QED) is 0.548. The van der Waals surface area contributed by atoms with Gasteiger partial charge in [-0.05, 0) is 26.2 Å². The molecule has 0 fully saturated rings. The molecule has 0 aliphatic rings. The minimum Gasteiger partial charge on any atom is -0.382 e. The number of rotatable bonds is 11. The molecule has 0 aromatic carbocycles. The first-order chi connectivity index (χ1) is 8.70. The number of hydrogen-bond acceptors (Lipinski definition) is 3. The lowest BCUT2D eigenvalue weighted by Crippen LogP contribution is -2.26. The number of ether oxygens (including phenoxy) is 1. The van der Waals surface area contributed by atoms with Crippen molar-refractivity contribution >= 4 is 11.8 Å². The van der Waals surface area contributed by atoms with Crippen LogP contribution in [0.1, 0.15) is 46.0 Å². The lowest BCUT2D eigenvalue weighted by atomic mass is 10.2. The van der Waals surface area contributed by atoms with E-state index < -0.39 is 0 Å². The van der Waals surface area contributed by atoms with Crippen molar-refractivity contribution in [3.63, 3.8) is 0 Å². The standard InChI is InChI=1S/C13H26N2O3/c1-3-9-14-12(16)7-5-8-13(17)15-10-6-11-18-4-2/h3-11H2,1-2H3,(H,14,16)(H,15,17).